The molecule has 0 unspecified atom stereocenters. The Hall–Kier alpha value is -6.94. The highest BCUT2D eigenvalue weighted by atomic mass is 32.1. The smallest absolute Gasteiger partial charge is 0.0541 e. The largest absolute Gasteiger partial charge is 0.309 e. The van der Waals surface area contributed by atoms with Gasteiger partial charge >= 0.3 is 0 Å². The van der Waals surface area contributed by atoms with Gasteiger partial charge in [-0.3, -0.25) is 0 Å². The van der Waals surface area contributed by atoms with Crippen molar-refractivity contribution in [2.45, 2.75) is 0 Å². The number of rotatable bonds is 4. The van der Waals surface area contributed by atoms with E-state index in [1.54, 1.807) is 0 Å². The SMILES string of the molecule is c1cc(-c2ccc3sc4ccccc4c3c2)cc(-n2c3ccccc3c3cc(-c4ccc5c(c4)c4ccccc4n5-c4cccc5ccccc45)ccc32)c1. The van der Waals surface area contributed by atoms with Crippen molar-refractivity contribution >= 4 is 85.9 Å². The molecule has 0 N–H and O–H groups in total. The van der Waals surface area contributed by atoms with Crippen LogP contribution < -0.4 is 0 Å². The summed E-state index contributed by atoms with van der Waals surface area (Å²) in [6, 6.07) is 71.5. The van der Waals surface area contributed by atoms with E-state index >= 15 is 0 Å². The third kappa shape index (κ3) is 4.60. The Kier molecular flexibility index (Phi) is 6.54. The molecule has 12 aromatic rings. The van der Waals surface area contributed by atoms with Crippen molar-refractivity contribution in [1.29, 1.82) is 0 Å². The first kappa shape index (κ1) is 30.5. The topological polar surface area (TPSA) is 9.86 Å². The maximum Gasteiger partial charge on any atom is 0.0541 e. The molecule has 2 nitrogen and oxygen atoms in total. The van der Waals surface area contributed by atoms with E-state index in [0.717, 1.165) is 5.69 Å². The second kappa shape index (κ2) is 11.8. The summed E-state index contributed by atoms with van der Waals surface area (Å²) in [5, 5.41) is 10.2. The molecule has 3 heteroatoms. The third-order valence-electron chi connectivity index (χ3n) is 11.5. The van der Waals surface area contributed by atoms with Crippen LogP contribution in [0, 0.1) is 0 Å². The van der Waals surface area contributed by atoms with Gasteiger partial charge in [-0.05, 0) is 100 Å². The van der Waals surface area contributed by atoms with Gasteiger partial charge in [0.1, 0.15) is 0 Å². The lowest BCUT2D eigenvalue weighted by Crippen LogP contribution is -1.95. The second-order valence-electron chi connectivity index (χ2n) is 14.5. The Morgan fingerprint density at radius 1 is 0.291 bits per heavy atom. The molecule has 0 atom stereocenters. The third-order valence-corrected chi connectivity index (χ3v) is 12.7. The molecule has 0 spiro atoms. The fourth-order valence-corrected chi connectivity index (χ4v) is 10.1. The summed E-state index contributed by atoms with van der Waals surface area (Å²) in [5.74, 6) is 0. The second-order valence-corrected chi connectivity index (χ2v) is 15.6. The maximum absolute atomic E-state index is 2.43. The predicted octanol–water partition coefficient (Wildman–Crippen LogP) is 14.7. The number of hydrogen-bond acceptors (Lipinski definition) is 1. The van der Waals surface area contributed by atoms with Gasteiger partial charge in [-0.2, -0.15) is 0 Å². The van der Waals surface area contributed by atoms with Crippen LogP contribution in [0.1, 0.15) is 0 Å². The van der Waals surface area contributed by atoms with E-state index in [1.807, 2.05) is 11.3 Å². The van der Waals surface area contributed by atoms with Crippen LogP contribution in [-0.2, 0) is 0 Å². The lowest BCUT2D eigenvalue weighted by Gasteiger charge is -2.12. The van der Waals surface area contributed by atoms with Crippen molar-refractivity contribution in [3.63, 3.8) is 0 Å². The van der Waals surface area contributed by atoms with Gasteiger partial charge < -0.3 is 9.13 Å². The molecule has 0 bridgehead atoms. The van der Waals surface area contributed by atoms with E-state index in [0.29, 0.717) is 0 Å². The van der Waals surface area contributed by atoms with Crippen LogP contribution in [0.2, 0.25) is 0 Å². The molecule has 12 rings (SSSR count). The van der Waals surface area contributed by atoms with Crippen molar-refractivity contribution in [2.24, 2.45) is 0 Å². The summed E-state index contributed by atoms with van der Waals surface area (Å²) < 4.78 is 7.52. The molecule has 256 valence electrons. The molecule has 55 heavy (non-hydrogen) atoms. The molecule has 0 radical (unpaired) electrons. The lowest BCUT2D eigenvalue weighted by molar-refractivity contribution is 1.18. The van der Waals surface area contributed by atoms with Gasteiger partial charge in [-0.25, -0.2) is 0 Å². The summed E-state index contributed by atoms with van der Waals surface area (Å²) in [4.78, 5) is 0. The van der Waals surface area contributed by atoms with E-state index in [1.165, 1.54) is 102 Å². The average Bonchev–Trinajstić information content (AvgIpc) is 3.90. The molecule has 0 saturated heterocycles. The van der Waals surface area contributed by atoms with Crippen LogP contribution in [0.5, 0.6) is 0 Å². The van der Waals surface area contributed by atoms with Crippen LogP contribution in [0.3, 0.4) is 0 Å². The Morgan fingerprint density at radius 3 is 1.56 bits per heavy atom. The Balaban J connectivity index is 1.00. The van der Waals surface area contributed by atoms with E-state index < -0.39 is 0 Å². The Bertz CT molecular complexity index is 3500. The van der Waals surface area contributed by atoms with Crippen LogP contribution in [0.15, 0.2) is 194 Å². The molecule has 0 amide bonds. The van der Waals surface area contributed by atoms with E-state index in [2.05, 4.69) is 203 Å². The standard InChI is InChI=1S/C52H32N2S/c1-2-15-39-33(11-1)12-10-21-46(39)54-48-20-7-4-17-41(48)44-31-36(24-27-50(44)54)35-23-26-49-43(30-35)40-16-3-6-19-47(40)53(49)38-14-9-13-34(29-38)37-25-28-52-45(32-37)42-18-5-8-22-51(42)55-52/h1-32H. The van der Waals surface area contributed by atoms with Gasteiger partial charge in [0.2, 0.25) is 0 Å². The van der Waals surface area contributed by atoms with Crippen molar-refractivity contribution < 1.29 is 0 Å². The average molecular weight is 717 g/mol. The number of para-hydroxylation sites is 2. The predicted molar refractivity (Wildman–Crippen MR) is 236 cm³/mol. The van der Waals surface area contributed by atoms with Crippen molar-refractivity contribution in [3.8, 4) is 33.6 Å². The lowest BCUT2D eigenvalue weighted by atomic mass is 10.0. The van der Waals surface area contributed by atoms with Crippen molar-refractivity contribution in [2.75, 3.05) is 0 Å². The number of thiophene rings is 1. The zero-order valence-corrected chi connectivity index (χ0v) is 30.6. The molecule has 0 aliphatic rings. The summed E-state index contributed by atoms with van der Waals surface area (Å²) in [7, 11) is 0. The highest BCUT2D eigenvalue weighted by Gasteiger charge is 2.17. The van der Waals surface area contributed by atoms with E-state index in [4.69, 9.17) is 0 Å². The molecule has 3 heterocycles. The first-order valence-corrected chi connectivity index (χ1v) is 19.7. The quantitative estimate of drug-likeness (QED) is 0.172. The van der Waals surface area contributed by atoms with Crippen LogP contribution in [0.4, 0.5) is 0 Å². The molecule has 9 aromatic carbocycles. The van der Waals surface area contributed by atoms with Crippen LogP contribution >= 0.6 is 11.3 Å². The van der Waals surface area contributed by atoms with Crippen LogP contribution in [-0.4, -0.2) is 9.13 Å². The zero-order chi connectivity index (χ0) is 36.0. The van der Waals surface area contributed by atoms with Gasteiger partial charge in [0.05, 0.1) is 27.8 Å². The maximum atomic E-state index is 2.43. The zero-order valence-electron chi connectivity index (χ0n) is 29.8. The summed E-state index contributed by atoms with van der Waals surface area (Å²) in [6.07, 6.45) is 0. The molecule has 0 aliphatic heterocycles. The normalized spacial score (nSPS) is 12.0. The fourth-order valence-electron chi connectivity index (χ4n) is 8.98. The van der Waals surface area contributed by atoms with Crippen LogP contribution in [0.25, 0.3) is 108 Å². The summed E-state index contributed by atoms with van der Waals surface area (Å²) in [6.45, 7) is 0. The summed E-state index contributed by atoms with van der Waals surface area (Å²) >= 11 is 1.86. The molecule has 0 aliphatic carbocycles. The van der Waals surface area contributed by atoms with Crippen molar-refractivity contribution in [1.82, 2.24) is 9.13 Å². The minimum Gasteiger partial charge on any atom is -0.309 e. The van der Waals surface area contributed by atoms with Gasteiger partial charge in [-0.15, -0.1) is 11.3 Å². The number of hydrogen-bond donors (Lipinski definition) is 0. The van der Waals surface area contributed by atoms with Gasteiger partial charge in [-0.1, -0.05) is 121 Å². The Labute approximate surface area is 321 Å². The first-order chi connectivity index (χ1) is 27.3. The molecule has 0 fully saturated rings. The minimum atomic E-state index is 1.16. The van der Waals surface area contributed by atoms with Gasteiger partial charge in [0.25, 0.3) is 0 Å². The molecular formula is C52H32N2S. The number of fused-ring (bicyclic) bond motifs is 10. The first-order valence-electron chi connectivity index (χ1n) is 18.8. The highest BCUT2D eigenvalue weighted by molar-refractivity contribution is 7.25. The van der Waals surface area contributed by atoms with Crippen molar-refractivity contribution in [3.05, 3.63) is 194 Å². The van der Waals surface area contributed by atoms with Gasteiger partial charge in [0, 0.05) is 52.8 Å². The number of aromatic nitrogens is 2. The molecular weight excluding hydrogens is 685 g/mol. The van der Waals surface area contributed by atoms with E-state index in [9.17, 15) is 0 Å². The molecule has 3 aromatic heterocycles. The highest BCUT2D eigenvalue weighted by Crippen LogP contribution is 2.41. The monoisotopic (exact) mass is 716 g/mol. The van der Waals surface area contributed by atoms with Gasteiger partial charge in [0.15, 0.2) is 0 Å². The number of benzene rings is 9. The summed E-state index contributed by atoms with van der Waals surface area (Å²) in [5.41, 5.74) is 12.1. The van der Waals surface area contributed by atoms with E-state index in [-0.39, 0.29) is 0 Å². The fraction of sp³-hybridized carbons (Fsp3) is 0. The minimum absolute atomic E-state index is 1.16. The molecule has 0 saturated carbocycles. The Morgan fingerprint density at radius 2 is 0.800 bits per heavy atom. The number of nitrogens with zero attached hydrogens (tertiary/aromatic N) is 2.